The molecule has 1 amide bonds. The molecule has 194 valence electrons. The van der Waals surface area contributed by atoms with E-state index in [1.807, 2.05) is 35.0 Å². The van der Waals surface area contributed by atoms with Crippen LogP contribution in [0.5, 0.6) is 0 Å². The number of halogens is 1. The van der Waals surface area contributed by atoms with Gasteiger partial charge in [0.25, 0.3) is 5.91 Å². The van der Waals surface area contributed by atoms with Crippen LogP contribution in [0.25, 0.3) is 11.3 Å². The van der Waals surface area contributed by atoms with E-state index in [1.165, 1.54) is 0 Å². The first-order chi connectivity index (χ1) is 17.4. The van der Waals surface area contributed by atoms with E-state index in [4.69, 9.17) is 21.4 Å². The number of hydrogen-bond donors (Lipinski definition) is 0. The number of Topliss-reactive ketones (excluding diaryl/α,β-unsaturated/α-hetero) is 1. The van der Waals surface area contributed by atoms with Crippen molar-refractivity contribution in [3.63, 3.8) is 0 Å². The second-order valence-corrected chi connectivity index (χ2v) is 10.4. The Bertz CT molecular complexity index is 1080. The van der Waals surface area contributed by atoms with Crippen molar-refractivity contribution in [2.24, 2.45) is 11.8 Å². The van der Waals surface area contributed by atoms with Gasteiger partial charge in [-0.15, -0.1) is 0 Å². The van der Waals surface area contributed by atoms with Crippen molar-refractivity contribution >= 4 is 29.3 Å². The zero-order chi connectivity index (χ0) is 25.7. The minimum atomic E-state index is -0.212. The van der Waals surface area contributed by atoms with Gasteiger partial charge in [-0.2, -0.15) is 5.10 Å². The van der Waals surface area contributed by atoms with Gasteiger partial charge in [0.1, 0.15) is 5.69 Å². The highest BCUT2D eigenvalue weighted by Gasteiger charge is 2.37. The predicted molar refractivity (Wildman–Crippen MR) is 139 cm³/mol. The van der Waals surface area contributed by atoms with Crippen LogP contribution in [0.15, 0.2) is 30.3 Å². The fourth-order valence-electron chi connectivity index (χ4n) is 5.56. The van der Waals surface area contributed by atoms with Crippen LogP contribution in [-0.4, -0.2) is 52.0 Å². The van der Waals surface area contributed by atoms with Crippen molar-refractivity contribution in [1.82, 2.24) is 14.7 Å². The van der Waals surface area contributed by atoms with Crippen LogP contribution in [0.4, 0.5) is 0 Å². The van der Waals surface area contributed by atoms with Crippen molar-refractivity contribution in [3.05, 3.63) is 41.0 Å². The van der Waals surface area contributed by atoms with E-state index < -0.39 is 0 Å². The number of ketones is 1. The maximum absolute atomic E-state index is 13.4. The second kappa shape index (κ2) is 12.0. The van der Waals surface area contributed by atoms with E-state index in [0.717, 1.165) is 56.2 Å². The number of aromatic nitrogens is 2. The molecule has 0 N–H and O–H groups in total. The number of nitrogens with zero attached hydrogens (tertiary/aromatic N) is 3. The molecule has 0 radical (unpaired) electrons. The smallest absolute Gasteiger partial charge is 0.309 e. The molecule has 1 aromatic heterocycles. The summed E-state index contributed by atoms with van der Waals surface area (Å²) >= 11 is 6.04. The number of benzene rings is 1. The maximum Gasteiger partial charge on any atom is 0.309 e. The molecule has 2 heterocycles. The van der Waals surface area contributed by atoms with Crippen molar-refractivity contribution in [2.45, 2.75) is 71.3 Å². The fourth-order valence-corrected chi connectivity index (χ4v) is 5.69. The molecule has 1 fully saturated rings. The van der Waals surface area contributed by atoms with Gasteiger partial charge in [-0.05, 0) is 50.3 Å². The van der Waals surface area contributed by atoms with Crippen LogP contribution in [0.3, 0.4) is 0 Å². The SMILES string of the molecule is CCCCCC1CN(CC(=O)CC2CCC[C@@H]2C(=O)OCC)C(=O)c2cc(-c3ccc(Cl)cc3)nn21. The number of esters is 1. The quantitative estimate of drug-likeness (QED) is 0.283. The van der Waals surface area contributed by atoms with Gasteiger partial charge >= 0.3 is 5.97 Å². The minimum absolute atomic E-state index is 0.00108. The summed E-state index contributed by atoms with van der Waals surface area (Å²) < 4.78 is 7.08. The number of rotatable bonds is 11. The second-order valence-electron chi connectivity index (χ2n) is 9.99. The number of amides is 1. The lowest BCUT2D eigenvalue weighted by Crippen LogP contribution is -2.45. The van der Waals surface area contributed by atoms with Crippen molar-refractivity contribution in [2.75, 3.05) is 19.7 Å². The number of carbonyl (C=O) groups is 3. The van der Waals surface area contributed by atoms with Gasteiger partial charge in [0, 0.05) is 23.6 Å². The zero-order valence-electron chi connectivity index (χ0n) is 21.2. The molecule has 0 saturated heterocycles. The third-order valence-electron chi connectivity index (χ3n) is 7.41. The molecule has 2 aliphatic rings. The molecule has 1 aliphatic carbocycles. The minimum Gasteiger partial charge on any atom is -0.466 e. The third kappa shape index (κ3) is 6.00. The monoisotopic (exact) mass is 513 g/mol. The number of fused-ring (bicyclic) bond motifs is 1. The molecule has 0 spiro atoms. The van der Waals surface area contributed by atoms with Crippen molar-refractivity contribution in [1.29, 1.82) is 0 Å². The Morgan fingerprint density at radius 2 is 1.92 bits per heavy atom. The lowest BCUT2D eigenvalue weighted by atomic mass is 9.91. The highest BCUT2D eigenvalue weighted by molar-refractivity contribution is 6.30. The molecular weight excluding hydrogens is 478 g/mol. The van der Waals surface area contributed by atoms with Crippen LogP contribution >= 0.6 is 11.6 Å². The van der Waals surface area contributed by atoms with Gasteiger partial charge in [0.2, 0.25) is 0 Å². The van der Waals surface area contributed by atoms with Crippen LogP contribution in [0.2, 0.25) is 5.02 Å². The average Bonchev–Trinajstić information content (AvgIpc) is 3.50. The Labute approximate surface area is 218 Å². The molecule has 4 rings (SSSR count). The van der Waals surface area contributed by atoms with E-state index in [9.17, 15) is 14.4 Å². The van der Waals surface area contributed by atoms with Crippen LogP contribution < -0.4 is 0 Å². The van der Waals surface area contributed by atoms with E-state index in [0.29, 0.717) is 30.3 Å². The van der Waals surface area contributed by atoms with E-state index in [2.05, 4.69) is 6.92 Å². The fraction of sp³-hybridized carbons (Fsp3) is 0.571. The maximum atomic E-state index is 13.4. The molecule has 36 heavy (non-hydrogen) atoms. The van der Waals surface area contributed by atoms with Gasteiger partial charge in [-0.1, -0.05) is 56.3 Å². The van der Waals surface area contributed by atoms with Crippen molar-refractivity contribution < 1.29 is 19.1 Å². The van der Waals surface area contributed by atoms with E-state index in [1.54, 1.807) is 11.8 Å². The van der Waals surface area contributed by atoms with Crippen LogP contribution in [0, 0.1) is 11.8 Å². The third-order valence-corrected chi connectivity index (χ3v) is 7.66. The summed E-state index contributed by atoms with van der Waals surface area (Å²) in [6, 6.07) is 9.27. The first-order valence-corrected chi connectivity index (χ1v) is 13.6. The van der Waals surface area contributed by atoms with E-state index >= 15 is 0 Å². The summed E-state index contributed by atoms with van der Waals surface area (Å²) in [6.07, 6.45) is 7.01. The molecule has 8 heteroatoms. The number of carbonyl (C=O) groups excluding carboxylic acids is 3. The molecule has 3 atom stereocenters. The van der Waals surface area contributed by atoms with Gasteiger partial charge in [0.15, 0.2) is 5.78 Å². The highest BCUT2D eigenvalue weighted by atomic mass is 35.5. The lowest BCUT2D eigenvalue weighted by molar-refractivity contribution is -0.149. The average molecular weight is 514 g/mol. The largest absolute Gasteiger partial charge is 0.466 e. The number of hydrogen-bond acceptors (Lipinski definition) is 5. The number of ether oxygens (including phenoxy) is 1. The zero-order valence-corrected chi connectivity index (χ0v) is 22.0. The summed E-state index contributed by atoms with van der Waals surface area (Å²) in [5.41, 5.74) is 2.15. The highest BCUT2D eigenvalue weighted by Crippen LogP contribution is 2.36. The van der Waals surface area contributed by atoms with Gasteiger partial charge in [-0.3, -0.25) is 19.1 Å². The summed E-state index contributed by atoms with van der Waals surface area (Å²) in [5, 5.41) is 5.44. The molecule has 1 saturated carbocycles. The summed E-state index contributed by atoms with van der Waals surface area (Å²) in [4.78, 5) is 40.5. The lowest BCUT2D eigenvalue weighted by Gasteiger charge is -2.33. The van der Waals surface area contributed by atoms with Crippen LogP contribution in [-0.2, 0) is 14.3 Å². The topological polar surface area (TPSA) is 81.5 Å². The Morgan fingerprint density at radius 3 is 2.64 bits per heavy atom. The molecule has 7 nitrogen and oxygen atoms in total. The molecule has 1 aliphatic heterocycles. The first kappa shape index (κ1) is 26.4. The predicted octanol–water partition coefficient (Wildman–Crippen LogP) is 5.72. The van der Waals surface area contributed by atoms with Crippen molar-refractivity contribution in [3.8, 4) is 11.3 Å². The van der Waals surface area contributed by atoms with Gasteiger partial charge in [-0.25, -0.2) is 0 Å². The van der Waals surface area contributed by atoms with Crippen LogP contribution in [0.1, 0.15) is 81.7 Å². The number of unbranched alkanes of at least 4 members (excludes halogenated alkanes) is 2. The Balaban J connectivity index is 1.49. The first-order valence-electron chi connectivity index (χ1n) is 13.2. The normalized spacial score (nSPS) is 21.5. The summed E-state index contributed by atoms with van der Waals surface area (Å²) in [7, 11) is 0. The summed E-state index contributed by atoms with van der Waals surface area (Å²) in [5.74, 6) is -0.578. The summed E-state index contributed by atoms with van der Waals surface area (Å²) in [6.45, 7) is 4.85. The Morgan fingerprint density at radius 1 is 1.14 bits per heavy atom. The van der Waals surface area contributed by atoms with Gasteiger partial charge < -0.3 is 9.64 Å². The molecule has 0 bridgehead atoms. The molecule has 2 unspecified atom stereocenters. The molecule has 2 aromatic rings. The molecule has 1 aromatic carbocycles. The standard InChI is InChI=1S/C28H36ClN3O4/c1-3-5-6-9-22-17-31(18-23(33)15-20-8-7-10-24(20)28(35)36-4-2)27(34)26-16-25(30-32(22)26)19-11-13-21(29)14-12-19/h11-14,16,20,22,24H,3-10,15,17-18H2,1-2H3/t20?,22?,24-/m0/s1. The van der Waals surface area contributed by atoms with Gasteiger partial charge in [0.05, 0.1) is 30.8 Å². The Kier molecular flexibility index (Phi) is 8.83. The Hall–Kier alpha value is -2.67. The molecular formula is C28H36ClN3O4. The van der Waals surface area contributed by atoms with E-state index in [-0.39, 0.29) is 42.1 Å².